The van der Waals surface area contributed by atoms with Crippen molar-refractivity contribution < 1.29 is 24.5 Å². The first-order chi connectivity index (χ1) is 18.8. The van der Waals surface area contributed by atoms with Gasteiger partial charge in [-0.15, -0.1) is 48.0 Å². The topological polar surface area (TPSA) is 38.9 Å². The Morgan fingerprint density at radius 3 is 2.21 bits per heavy atom. The third-order valence-electron chi connectivity index (χ3n) is 6.37. The number of rotatable bonds is 3. The molecule has 0 aliphatic carbocycles. The maximum Gasteiger partial charge on any atom is 0.120 e. The summed E-state index contributed by atoms with van der Waals surface area (Å²) in [6, 6.07) is 45.0. The van der Waals surface area contributed by atoms with Crippen molar-refractivity contribution >= 4 is 21.9 Å². The first kappa shape index (κ1) is 26.2. The number of furan rings is 1. The van der Waals surface area contributed by atoms with Gasteiger partial charge in [-0.1, -0.05) is 94.9 Å². The zero-order chi connectivity index (χ0) is 25.7. The van der Waals surface area contributed by atoms with Gasteiger partial charge in [-0.25, -0.2) is 0 Å². The van der Waals surface area contributed by atoms with E-state index in [0.29, 0.717) is 0 Å². The number of hydrogen-bond acceptors (Lipinski definition) is 3. The Morgan fingerprint density at radius 1 is 0.641 bits per heavy atom. The van der Waals surface area contributed by atoms with Crippen LogP contribution in [0, 0.1) is 19.1 Å². The van der Waals surface area contributed by atoms with E-state index in [2.05, 4.69) is 58.5 Å². The number of hydrogen-bond donors (Lipinski definition) is 0. The van der Waals surface area contributed by atoms with E-state index in [1.807, 2.05) is 92.0 Å². The average Bonchev–Trinajstić information content (AvgIpc) is 3.38. The molecule has 3 aromatic heterocycles. The van der Waals surface area contributed by atoms with Crippen LogP contribution in [-0.4, -0.2) is 9.97 Å². The molecular weight excluding hydrogens is 657 g/mol. The fraction of sp³-hybridized carbons (Fsp3) is 0.0286. The fourth-order valence-electron chi connectivity index (χ4n) is 4.41. The van der Waals surface area contributed by atoms with E-state index in [1.165, 1.54) is 11.1 Å². The number of aromatic nitrogens is 2. The van der Waals surface area contributed by atoms with Crippen LogP contribution in [0.5, 0.6) is 0 Å². The van der Waals surface area contributed by atoms with Gasteiger partial charge in [-0.3, -0.25) is 0 Å². The maximum absolute atomic E-state index is 6.00. The summed E-state index contributed by atoms with van der Waals surface area (Å²) >= 11 is 0. The zero-order valence-corrected chi connectivity index (χ0v) is 23.7. The maximum atomic E-state index is 6.00. The number of pyridine rings is 2. The van der Waals surface area contributed by atoms with E-state index in [4.69, 9.17) is 4.42 Å². The normalized spacial score (nSPS) is 10.5. The number of aryl methyl sites for hydroxylation is 1. The smallest absolute Gasteiger partial charge is 0.120 e. The van der Waals surface area contributed by atoms with Crippen LogP contribution in [0.4, 0.5) is 0 Å². The van der Waals surface area contributed by atoms with Crippen LogP contribution < -0.4 is 0 Å². The van der Waals surface area contributed by atoms with Gasteiger partial charge in [-0.05, 0) is 36.0 Å². The molecule has 7 aromatic rings. The molecule has 1 radical (unpaired) electrons. The van der Waals surface area contributed by atoms with Gasteiger partial charge < -0.3 is 14.4 Å². The molecule has 0 unspecified atom stereocenters. The van der Waals surface area contributed by atoms with Gasteiger partial charge >= 0.3 is 0 Å². The third-order valence-corrected chi connectivity index (χ3v) is 6.37. The van der Waals surface area contributed by atoms with Crippen molar-refractivity contribution in [2.24, 2.45) is 0 Å². The van der Waals surface area contributed by atoms with Crippen molar-refractivity contribution in [2.45, 2.75) is 6.92 Å². The molecule has 0 spiro atoms. The van der Waals surface area contributed by atoms with E-state index in [-0.39, 0.29) is 20.1 Å². The van der Waals surface area contributed by atoms with Crippen LogP contribution >= 0.6 is 0 Å². The van der Waals surface area contributed by atoms with Crippen molar-refractivity contribution in [1.29, 1.82) is 0 Å². The molecular formula is C35H24IrN2O-2. The second kappa shape index (κ2) is 12.0. The molecule has 0 saturated carbocycles. The van der Waals surface area contributed by atoms with Gasteiger partial charge in [0.25, 0.3) is 0 Å². The quantitative estimate of drug-likeness (QED) is 0.175. The molecule has 3 heterocycles. The summed E-state index contributed by atoms with van der Waals surface area (Å²) in [5, 5.41) is 2.24. The molecule has 0 saturated heterocycles. The summed E-state index contributed by atoms with van der Waals surface area (Å²) in [6.07, 6.45) is 3.67. The van der Waals surface area contributed by atoms with E-state index in [9.17, 15) is 0 Å². The van der Waals surface area contributed by atoms with Crippen molar-refractivity contribution in [2.75, 3.05) is 0 Å². The van der Waals surface area contributed by atoms with Crippen molar-refractivity contribution in [3.63, 3.8) is 0 Å². The zero-order valence-electron chi connectivity index (χ0n) is 21.3. The van der Waals surface area contributed by atoms with E-state index >= 15 is 0 Å². The molecule has 0 atom stereocenters. The molecule has 0 aliphatic rings. The average molecular weight is 681 g/mol. The minimum absolute atomic E-state index is 0. The minimum atomic E-state index is 0. The predicted octanol–water partition coefficient (Wildman–Crippen LogP) is 8.97. The molecule has 7 rings (SSSR count). The first-order valence-corrected chi connectivity index (χ1v) is 12.5. The van der Waals surface area contributed by atoms with Crippen LogP contribution in [0.2, 0.25) is 0 Å². The number of para-hydroxylation sites is 1. The van der Waals surface area contributed by atoms with Crippen molar-refractivity contribution in [3.05, 3.63) is 145 Å². The van der Waals surface area contributed by atoms with Crippen LogP contribution in [0.1, 0.15) is 5.56 Å². The molecule has 0 fully saturated rings. The Balaban J connectivity index is 0.000000155. The molecule has 4 aromatic carbocycles. The molecule has 39 heavy (non-hydrogen) atoms. The summed E-state index contributed by atoms with van der Waals surface area (Å²) in [4.78, 5) is 8.80. The largest absolute Gasteiger partial charge is 0.501 e. The Labute approximate surface area is 241 Å². The molecule has 3 nitrogen and oxygen atoms in total. The van der Waals surface area contributed by atoms with Crippen molar-refractivity contribution in [3.8, 4) is 33.6 Å². The molecule has 4 heteroatoms. The summed E-state index contributed by atoms with van der Waals surface area (Å²) in [7, 11) is 0. The number of fused-ring (bicyclic) bond motifs is 3. The number of benzene rings is 4. The van der Waals surface area contributed by atoms with Gasteiger partial charge in [0.15, 0.2) is 0 Å². The van der Waals surface area contributed by atoms with Gasteiger partial charge in [0.05, 0.1) is 5.58 Å². The fourth-order valence-corrected chi connectivity index (χ4v) is 4.41. The van der Waals surface area contributed by atoms with Crippen LogP contribution in [-0.2, 0) is 20.1 Å². The van der Waals surface area contributed by atoms with Crippen LogP contribution in [0.15, 0.2) is 132 Å². The first-order valence-electron chi connectivity index (χ1n) is 12.5. The predicted molar refractivity (Wildman–Crippen MR) is 154 cm³/mol. The third kappa shape index (κ3) is 5.73. The molecule has 0 aliphatic heterocycles. The van der Waals surface area contributed by atoms with Gasteiger partial charge in [0.2, 0.25) is 0 Å². The molecule has 191 valence electrons. The van der Waals surface area contributed by atoms with Gasteiger partial charge in [0.1, 0.15) is 5.58 Å². The Morgan fingerprint density at radius 2 is 1.46 bits per heavy atom. The van der Waals surface area contributed by atoms with Gasteiger partial charge in [0, 0.05) is 37.9 Å². The second-order valence-corrected chi connectivity index (χ2v) is 8.99. The minimum Gasteiger partial charge on any atom is -0.501 e. The Bertz CT molecular complexity index is 1740. The van der Waals surface area contributed by atoms with E-state index < -0.39 is 0 Å². The SMILES string of the molecule is Cc1ccc(-c2[c-]ccc3c2oc2ccccc23)nc1.[Ir].[c-]1cc(-c2ccccc2)ccc1-c1ccccn1. The van der Waals surface area contributed by atoms with E-state index in [1.54, 1.807) is 6.20 Å². The summed E-state index contributed by atoms with van der Waals surface area (Å²) < 4.78 is 6.00. The van der Waals surface area contributed by atoms with E-state index in [0.717, 1.165) is 50.0 Å². The van der Waals surface area contributed by atoms with Crippen molar-refractivity contribution in [1.82, 2.24) is 9.97 Å². The Hall–Kier alpha value is -4.37. The summed E-state index contributed by atoms with van der Waals surface area (Å²) in [6.45, 7) is 2.03. The summed E-state index contributed by atoms with van der Waals surface area (Å²) in [5.74, 6) is 0. The van der Waals surface area contributed by atoms with Gasteiger partial charge in [-0.2, -0.15) is 0 Å². The summed E-state index contributed by atoms with van der Waals surface area (Å²) in [5.41, 5.74) is 9.06. The Kier molecular flexibility index (Phi) is 8.07. The molecule has 0 amide bonds. The molecule has 0 bridgehead atoms. The monoisotopic (exact) mass is 681 g/mol. The van der Waals surface area contributed by atoms with Crippen LogP contribution in [0.3, 0.4) is 0 Å². The second-order valence-electron chi connectivity index (χ2n) is 8.99. The molecule has 0 N–H and O–H groups in total. The number of nitrogens with zero attached hydrogens (tertiary/aromatic N) is 2. The standard InChI is InChI=1S/C18H12NO.C17H12N.Ir/c1-12-9-10-16(19-11-12)15-7-4-6-14-13-5-2-3-8-17(13)20-18(14)15;1-2-6-14(7-3-1)15-9-11-16(12-10-15)17-8-4-5-13-18-17;/h2-6,8-11H,1H3;1-11,13H;/q2*-1;. The van der Waals surface area contributed by atoms with Crippen LogP contribution in [0.25, 0.3) is 55.6 Å².